The van der Waals surface area contributed by atoms with Gasteiger partial charge in [-0.15, -0.1) is 0 Å². The molecule has 182 valence electrons. The Morgan fingerprint density at radius 2 is 1.79 bits per heavy atom. The second-order valence-corrected chi connectivity index (χ2v) is 10.8. The van der Waals surface area contributed by atoms with Crippen LogP contribution in [0.25, 0.3) is 0 Å². The van der Waals surface area contributed by atoms with Gasteiger partial charge in [-0.25, -0.2) is 0 Å². The fourth-order valence-electron chi connectivity index (χ4n) is 4.79. The number of amides is 3. The van der Waals surface area contributed by atoms with Crippen LogP contribution in [0.4, 0.5) is 0 Å². The Kier molecular flexibility index (Phi) is 7.83. The molecule has 0 bridgehead atoms. The molecule has 1 saturated heterocycles. The number of hydrogen-bond donors (Lipinski definition) is 2. The van der Waals surface area contributed by atoms with Gasteiger partial charge >= 0.3 is 0 Å². The molecule has 2 aliphatic rings. The SMILES string of the molecule is C[C@@H](C(=O)N[C@H](C(=O)N1CCC[C@H]1C(=O)N[C@@H]1CCCc2ccccc21)C(C)(C)C)N(C)C. The van der Waals surface area contributed by atoms with E-state index in [1.165, 1.54) is 11.1 Å². The third-order valence-corrected chi connectivity index (χ3v) is 7.08. The molecule has 0 radical (unpaired) electrons. The molecule has 1 aromatic carbocycles. The lowest BCUT2D eigenvalue weighted by Gasteiger charge is -2.37. The van der Waals surface area contributed by atoms with Crippen LogP contribution >= 0.6 is 0 Å². The molecule has 3 amide bonds. The summed E-state index contributed by atoms with van der Waals surface area (Å²) in [5.74, 6) is -0.459. The lowest BCUT2D eigenvalue weighted by atomic mass is 9.85. The first-order valence-corrected chi connectivity index (χ1v) is 12.2. The average molecular weight is 457 g/mol. The molecule has 0 spiro atoms. The minimum atomic E-state index is -0.698. The van der Waals surface area contributed by atoms with Crippen LogP contribution in [0.1, 0.15) is 70.5 Å². The molecule has 0 saturated carbocycles. The highest BCUT2D eigenvalue weighted by Gasteiger charge is 2.42. The van der Waals surface area contributed by atoms with Gasteiger partial charge in [-0.2, -0.15) is 0 Å². The maximum Gasteiger partial charge on any atom is 0.246 e. The van der Waals surface area contributed by atoms with Crippen molar-refractivity contribution in [3.05, 3.63) is 35.4 Å². The van der Waals surface area contributed by atoms with E-state index >= 15 is 0 Å². The van der Waals surface area contributed by atoms with Gasteiger partial charge in [0.25, 0.3) is 0 Å². The number of aryl methyl sites for hydroxylation is 1. The van der Waals surface area contributed by atoms with E-state index in [-0.39, 0.29) is 29.8 Å². The highest BCUT2D eigenvalue weighted by atomic mass is 16.2. The summed E-state index contributed by atoms with van der Waals surface area (Å²) in [6, 6.07) is 6.71. The van der Waals surface area contributed by atoms with Gasteiger partial charge < -0.3 is 15.5 Å². The van der Waals surface area contributed by atoms with Crippen LogP contribution in [0.15, 0.2) is 24.3 Å². The monoisotopic (exact) mass is 456 g/mol. The summed E-state index contributed by atoms with van der Waals surface area (Å²) in [7, 11) is 3.67. The predicted octanol–water partition coefficient (Wildman–Crippen LogP) is 2.65. The van der Waals surface area contributed by atoms with Gasteiger partial charge in [0.1, 0.15) is 12.1 Å². The van der Waals surface area contributed by atoms with E-state index in [1.54, 1.807) is 4.90 Å². The van der Waals surface area contributed by atoms with Crippen LogP contribution in [-0.2, 0) is 20.8 Å². The standard InChI is InChI=1S/C26H40N4O3/c1-17(29(5)6)23(31)28-22(26(2,3)4)25(33)30-16-10-15-21(30)24(32)27-20-14-9-12-18-11-7-8-13-19(18)20/h7-8,11,13,17,20-22H,9-10,12,14-16H2,1-6H3,(H,27,32)(H,28,31)/t17-,20+,21-,22+/m0/s1. The van der Waals surface area contributed by atoms with Crippen molar-refractivity contribution in [3.8, 4) is 0 Å². The summed E-state index contributed by atoms with van der Waals surface area (Å²) in [4.78, 5) is 43.2. The van der Waals surface area contributed by atoms with E-state index in [9.17, 15) is 14.4 Å². The molecule has 1 fully saturated rings. The van der Waals surface area contributed by atoms with Crippen molar-refractivity contribution in [2.45, 2.75) is 84.0 Å². The van der Waals surface area contributed by atoms with Gasteiger partial charge in [-0.3, -0.25) is 19.3 Å². The van der Waals surface area contributed by atoms with Crippen molar-refractivity contribution in [2.24, 2.45) is 5.41 Å². The molecular formula is C26H40N4O3. The zero-order valence-electron chi connectivity index (χ0n) is 21.0. The summed E-state index contributed by atoms with van der Waals surface area (Å²) in [5.41, 5.74) is 1.99. The molecule has 7 nitrogen and oxygen atoms in total. The Bertz CT molecular complexity index is 877. The summed E-state index contributed by atoms with van der Waals surface area (Å²) in [6.45, 7) is 8.18. The van der Waals surface area contributed by atoms with Crippen molar-refractivity contribution < 1.29 is 14.4 Å². The molecule has 2 N–H and O–H groups in total. The molecule has 3 rings (SSSR count). The molecule has 0 aromatic heterocycles. The van der Waals surface area contributed by atoms with Gasteiger partial charge in [0.05, 0.1) is 12.1 Å². The largest absolute Gasteiger partial charge is 0.347 e. The summed E-state index contributed by atoms with van der Waals surface area (Å²) in [6.07, 6.45) is 4.41. The summed E-state index contributed by atoms with van der Waals surface area (Å²) in [5, 5.41) is 6.19. The van der Waals surface area contributed by atoms with Crippen LogP contribution in [-0.4, -0.2) is 66.3 Å². The first kappa shape index (κ1) is 25.2. The second kappa shape index (κ2) is 10.2. The third kappa shape index (κ3) is 5.75. The number of nitrogens with zero attached hydrogens (tertiary/aromatic N) is 2. The van der Waals surface area contributed by atoms with Crippen molar-refractivity contribution in [1.29, 1.82) is 0 Å². The third-order valence-electron chi connectivity index (χ3n) is 7.08. The van der Waals surface area contributed by atoms with Crippen molar-refractivity contribution in [1.82, 2.24) is 20.4 Å². The Morgan fingerprint density at radius 3 is 2.45 bits per heavy atom. The number of nitrogens with one attached hydrogen (secondary N) is 2. The number of carbonyl (C=O) groups is 3. The molecular weight excluding hydrogens is 416 g/mol. The molecule has 1 aromatic rings. The highest BCUT2D eigenvalue weighted by molar-refractivity contribution is 5.94. The summed E-state index contributed by atoms with van der Waals surface area (Å²) >= 11 is 0. The number of hydrogen-bond acceptors (Lipinski definition) is 4. The van der Waals surface area contributed by atoms with Crippen LogP contribution in [0.5, 0.6) is 0 Å². The lowest BCUT2D eigenvalue weighted by molar-refractivity contribution is -0.144. The van der Waals surface area contributed by atoms with Gasteiger partial charge in [0, 0.05) is 6.54 Å². The molecule has 1 aliphatic heterocycles. The van der Waals surface area contributed by atoms with Crippen LogP contribution in [0.2, 0.25) is 0 Å². The summed E-state index contributed by atoms with van der Waals surface area (Å²) < 4.78 is 0. The van der Waals surface area contributed by atoms with E-state index in [0.29, 0.717) is 13.0 Å². The number of fused-ring (bicyclic) bond motifs is 1. The van der Waals surface area contributed by atoms with E-state index in [1.807, 2.05) is 58.8 Å². The topological polar surface area (TPSA) is 81.8 Å². The van der Waals surface area contributed by atoms with Gasteiger partial charge in [0.15, 0.2) is 0 Å². The Labute approximate surface area is 198 Å². The van der Waals surface area contributed by atoms with E-state index in [0.717, 1.165) is 25.7 Å². The van der Waals surface area contributed by atoms with Gasteiger partial charge in [0.2, 0.25) is 17.7 Å². The van der Waals surface area contributed by atoms with Gasteiger partial charge in [-0.05, 0) is 69.7 Å². The van der Waals surface area contributed by atoms with Crippen LogP contribution in [0, 0.1) is 5.41 Å². The molecule has 4 atom stereocenters. The first-order valence-electron chi connectivity index (χ1n) is 12.2. The lowest BCUT2D eigenvalue weighted by Crippen LogP contribution is -2.59. The van der Waals surface area contributed by atoms with E-state index in [4.69, 9.17) is 0 Å². The number of rotatable bonds is 6. The smallest absolute Gasteiger partial charge is 0.246 e. The van der Waals surface area contributed by atoms with E-state index in [2.05, 4.69) is 22.8 Å². The maximum absolute atomic E-state index is 13.6. The molecule has 0 unspecified atom stereocenters. The Morgan fingerprint density at radius 1 is 1.09 bits per heavy atom. The number of benzene rings is 1. The van der Waals surface area contributed by atoms with Crippen molar-refractivity contribution >= 4 is 17.7 Å². The number of likely N-dealkylation sites (N-methyl/N-ethyl adjacent to an activating group) is 1. The predicted molar refractivity (Wildman–Crippen MR) is 130 cm³/mol. The van der Waals surface area contributed by atoms with E-state index < -0.39 is 17.5 Å². The molecule has 33 heavy (non-hydrogen) atoms. The molecule has 1 aliphatic carbocycles. The Hall–Kier alpha value is -2.41. The van der Waals surface area contributed by atoms with Crippen molar-refractivity contribution in [2.75, 3.05) is 20.6 Å². The average Bonchev–Trinajstić information content (AvgIpc) is 3.26. The minimum absolute atomic E-state index is 0.0148. The Balaban J connectivity index is 1.74. The fourth-order valence-corrected chi connectivity index (χ4v) is 4.79. The zero-order valence-corrected chi connectivity index (χ0v) is 21.0. The highest BCUT2D eigenvalue weighted by Crippen LogP contribution is 2.31. The minimum Gasteiger partial charge on any atom is -0.347 e. The van der Waals surface area contributed by atoms with Crippen LogP contribution in [0.3, 0.4) is 0 Å². The quantitative estimate of drug-likeness (QED) is 0.690. The number of likely N-dealkylation sites (tertiary alicyclic amines) is 1. The van der Waals surface area contributed by atoms with Crippen molar-refractivity contribution in [3.63, 3.8) is 0 Å². The maximum atomic E-state index is 13.6. The van der Waals surface area contributed by atoms with Gasteiger partial charge in [-0.1, -0.05) is 45.0 Å². The fraction of sp³-hybridized carbons (Fsp3) is 0.654. The van der Waals surface area contributed by atoms with Crippen LogP contribution < -0.4 is 10.6 Å². The second-order valence-electron chi connectivity index (χ2n) is 10.8. The first-order chi connectivity index (χ1) is 15.5. The normalized spacial score (nSPS) is 22.5. The molecule has 7 heteroatoms. The zero-order chi connectivity index (χ0) is 24.3. The number of carbonyl (C=O) groups excluding carboxylic acids is 3. The molecule has 1 heterocycles.